The van der Waals surface area contributed by atoms with Gasteiger partial charge in [-0.25, -0.2) is 18.1 Å². The van der Waals surface area contributed by atoms with E-state index in [0.29, 0.717) is 16.8 Å². The lowest BCUT2D eigenvalue weighted by Crippen LogP contribution is -2.38. The van der Waals surface area contributed by atoms with Crippen LogP contribution in [-0.2, 0) is 10.0 Å². The minimum atomic E-state index is -3.60. The van der Waals surface area contributed by atoms with Gasteiger partial charge in [0, 0.05) is 23.3 Å². The highest BCUT2D eigenvalue weighted by molar-refractivity contribution is 9.10. The van der Waals surface area contributed by atoms with Gasteiger partial charge in [-0.15, -0.1) is 0 Å². The van der Waals surface area contributed by atoms with Crippen LogP contribution in [0.1, 0.15) is 34.1 Å². The Morgan fingerprint density at radius 2 is 2.00 bits per heavy atom. The van der Waals surface area contributed by atoms with Crippen LogP contribution >= 0.6 is 15.9 Å². The summed E-state index contributed by atoms with van der Waals surface area (Å²) in [5.74, 6) is 0.610. The topological polar surface area (TPSA) is 71.1 Å². The normalized spacial score (nSPS) is 13.5. The fraction of sp³-hybridized carbons (Fsp3) is 0.615. The van der Waals surface area contributed by atoms with Crippen molar-refractivity contribution in [2.45, 2.75) is 45.1 Å². The molecule has 1 aromatic heterocycles. The van der Waals surface area contributed by atoms with Gasteiger partial charge >= 0.3 is 0 Å². The van der Waals surface area contributed by atoms with Crippen molar-refractivity contribution in [3.8, 4) is 0 Å². The lowest BCUT2D eigenvalue weighted by Gasteiger charge is -2.21. The lowest BCUT2D eigenvalue weighted by molar-refractivity contribution is 0.437. The van der Waals surface area contributed by atoms with E-state index in [9.17, 15) is 8.42 Å². The van der Waals surface area contributed by atoms with Gasteiger partial charge in [0.2, 0.25) is 10.0 Å². The third kappa shape index (κ3) is 4.43. The molecule has 0 aliphatic carbocycles. The van der Waals surface area contributed by atoms with Crippen molar-refractivity contribution in [2.75, 3.05) is 11.9 Å². The predicted molar refractivity (Wildman–Crippen MR) is 85.3 cm³/mol. The molecule has 1 unspecified atom stereocenters. The average Bonchev–Trinajstić information content (AvgIpc) is 2.38. The third-order valence-corrected chi connectivity index (χ3v) is 4.94. The van der Waals surface area contributed by atoms with E-state index in [1.165, 1.54) is 0 Å². The summed E-state index contributed by atoms with van der Waals surface area (Å²) in [5.41, 5.74) is 0. The zero-order valence-electron chi connectivity index (χ0n) is 12.3. The highest BCUT2D eigenvalue weighted by Crippen LogP contribution is 2.23. The number of halogens is 1. The summed E-state index contributed by atoms with van der Waals surface area (Å²) in [6.07, 6.45) is 2.33. The largest absolute Gasteiger partial charge is 0.369 e. The Kier molecular flexibility index (Phi) is 6.42. The summed E-state index contributed by atoms with van der Waals surface area (Å²) in [6.45, 7) is 8.48. The Balaban J connectivity index is 3.17. The second-order valence-electron chi connectivity index (χ2n) is 4.91. The summed E-state index contributed by atoms with van der Waals surface area (Å²) in [7, 11) is -3.60. The molecule has 0 radical (unpaired) electrons. The molecule has 20 heavy (non-hydrogen) atoms. The maximum atomic E-state index is 12.5. The van der Waals surface area contributed by atoms with Gasteiger partial charge in [-0.05, 0) is 41.3 Å². The third-order valence-electron chi connectivity index (χ3n) is 3.00. The molecule has 0 bridgehead atoms. The van der Waals surface area contributed by atoms with Gasteiger partial charge < -0.3 is 5.32 Å². The molecule has 1 heterocycles. The highest BCUT2D eigenvalue weighted by Gasteiger charge is 2.24. The van der Waals surface area contributed by atoms with E-state index in [0.717, 1.165) is 6.42 Å². The minimum Gasteiger partial charge on any atom is -0.369 e. The molecule has 1 rings (SSSR count). The van der Waals surface area contributed by atoms with Crippen molar-refractivity contribution in [3.63, 3.8) is 0 Å². The van der Waals surface area contributed by atoms with Crippen molar-refractivity contribution in [2.24, 2.45) is 5.92 Å². The van der Waals surface area contributed by atoms with E-state index in [2.05, 4.69) is 31.0 Å². The SMILES string of the molecule is CCNc1ncc(Br)cc1S(=O)(=O)NC(CC)C(C)C. The fourth-order valence-electron chi connectivity index (χ4n) is 1.88. The Morgan fingerprint density at radius 1 is 1.35 bits per heavy atom. The van der Waals surface area contributed by atoms with E-state index in [-0.39, 0.29) is 16.9 Å². The smallest absolute Gasteiger partial charge is 0.244 e. The van der Waals surface area contributed by atoms with Crippen molar-refractivity contribution < 1.29 is 8.42 Å². The Labute approximate surface area is 129 Å². The second kappa shape index (κ2) is 7.38. The number of anilines is 1. The second-order valence-corrected chi connectivity index (χ2v) is 7.51. The Morgan fingerprint density at radius 3 is 2.50 bits per heavy atom. The number of sulfonamides is 1. The fourth-order valence-corrected chi connectivity index (χ4v) is 3.99. The van der Waals surface area contributed by atoms with Gasteiger partial charge in [-0.1, -0.05) is 20.8 Å². The lowest BCUT2D eigenvalue weighted by atomic mass is 10.0. The maximum absolute atomic E-state index is 12.5. The Hall–Kier alpha value is -0.660. The molecular weight excluding hydrogens is 342 g/mol. The van der Waals surface area contributed by atoms with Gasteiger partial charge in [0.05, 0.1) is 0 Å². The van der Waals surface area contributed by atoms with E-state index in [1.54, 1.807) is 12.3 Å². The number of rotatable bonds is 7. The molecule has 0 aliphatic heterocycles. The first-order valence-corrected chi connectivity index (χ1v) is 9.01. The number of hydrogen-bond acceptors (Lipinski definition) is 4. The maximum Gasteiger partial charge on any atom is 0.244 e. The van der Waals surface area contributed by atoms with Gasteiger partial charge in [-0.3, -0.25) is 0 Å². The number of nitrogens with one attached hydrogen (secondary N) is 2. The monoisotopic (exact) mass is 363 g/mol. The van der Waals surface area contributed by atoms with Crippen molar-refractivity contribution in [1.29, 1.82) is 0 Å². The van der Waals surface area contributed by atoms with Crippen LogP contribution in [0.5, 0.6) is 0 Å². The first-order valence-electron chi connectivity index (χ1n) is 6.73. The van der Waals surface area contributed by atoms with Crippen molar-refractivity contribution in [1.82, 2.24) is 9.71 Å². The number of pyridine rings is 1. The highest BCUT2D eigenvalue weighted by atomic mass is 79.9. The van der Waals surface area contributed by atoms with Crippen LogP contribution in [0.4, 0.5) is 5.82 Å². The molecule has 1 aromatic rings. The zero-order valence-corrected chi connectivity index (χ0v) is 14.7. The summed E-state index contributed by atoms with van der Waals surface area (Å²) in [5, 5.41) is 2.98. The molecule has 0 aromatic carbocycles. The molecule has 7 heteroatoms. The minimum absolute atomic E-state index is 0.0894. The standard InChI is InChI=1S/C13H22BrN3O2S/c1-5-11(9(3)4)17-20(18,19)12-7-10(14)8-16-13(12)15-6-2/h7-9,11,17H,5-6H2,1-4H3,(H,15,16). The molecule has 0 fully saturated rings. The van der Waals surface area contributed by atoms with Crippen LogP contribution in [0.2, 0.25) is 0 Å². The summed E-state index contributed by atoms with van der Waals surface area (Å²) in [4.78, 5) is 4.31. The average molecular weight is 364 g/mol. The van der Waals surface area contributed by atoms with Crippen LogP contribution in [0.15, 0.2) is 21.6 Å². The van der Waals surface area contributed by atoms with Crippen LogP contribution < -0.4 is 10.0 Å². The van der Waals surface area contributed by atoms with Crippen LogP contribution in [-0.4, -0.2) is 26.0 Å². The molecule has 0 spiro atoms. The number of aromatic nitrogens is 1. The zero-order chi connectivity index (χ0) is 15.3. The molecule has 0 aliphatic rings. The summed E-state index contributed by atoms with van der Waals surface area (Å²) >= 11 is 3.27. The van der Waals surface area contributed by atoms with Crippen LogP contribution in [0.3, 0.4) is 0 Å². The Bertz CT molecular complexity index is 547. The molecule has 114 valence electrons. The summed E-state index contributed by atoms with van der Waals surface area (Å²) in [6, 6.07) is 1.48. The van der Waals surface area contributed by atoms with E-state index in [1.807, 2.05) is 27.7 Å². The quantitative estimate of drug-likeness (QED) is 0.780. The van der Waals surface area contributed by atoms with E-state index < -0.39 is 10.0 Å². The first kappa shape index (κ1) is 17.4. The predicted octanol–water partition coefficient (Wildman–Crippen LogP) is 2.99. The summed E-state index contributed by atoms with van der Waals surface area (Å²) < 4.78 is 28.5. The van der Waals surface area contributed by atoms with Crippen LogP contribution in [0.25, 0.3) is 0 Å². The van der Waals surface area contributed by atoms with Crippen LogP contribution in [0, 0.1) is 5.92 Å². The van der Waals surface area contributed by atoms with E-state index >= 15 is 0 Å². The van der Waals surface area contributed by atoms with Gasteiger partial charge in [0.15, 0.2) is 0 Å². The van der Waals surface area contributed by atoms with Gasteiger partial charge in [0.1, 0.15) is 10.7 Å². The molecule has 2 N–H and O–H groups in total. The first-order chi connectivity index (χ1) is 9.31. The van der Waals surface area contributed by atoms with E-state index in [4.69, 9.17) is 0 Å². The molecule has 0 saturated carbocycles. The van der Waals surface area contributed by atoms with Gasteiger partial charge in [0.25, 0.3) is 0 Å². The number of nitrogens with zero attached hydrogens (tertiary/aromatic N) is 1. The van der Waals surface area contributed by atoms with Crippen molar-refractivity contribution >= 4 is 31.8 Å². The molecular formula is C13H22BrN3O2S. The molecule has 0 saturated heterocycles. The number of hydrogen-bond donors (Lipinski definition) is 2. The van der Waals surface area contributed by atoms with Crippen molar-refractivity contribution in [3.05, 3.63) is 16.7 Å². The molecule has 5 nitrogen and oxygen atoms in total. The van der Waals surface area contributed by atoms with Gasteiger partial charge in [-0.2, -0.15) is 0 Å². The molecule has 0 amide bonds. The molecule has 1 atom stereocenters.